The van der Waals surface area contributed by atoms with Crippen molar-refractivity contribution in [3.63, 3.8) is 0 Å². The molecule has 0 heterocycles. The fourth-order valence-corrected chi connectivity index (χ4v) is 1.68. The van der Waals surface area contributed by atoms with Gasteiger partial charge in [0.15, 0.2) is 0 Å². The van der Waals surface area contributed by atoms with Gasteiger partial charge in [0, 0.05) is 10.6 Å². The molecule has 2 aromatic carbocycles. The lowest BCUT2D eigenvalue weighted by Crippen LogP contribution is -1.96. The standard InChI is InChI=1S/C14H12ClNO2/c15-14-4-2-1-3-12(14)10-18-13-7-5-11(6-8-13)9-16-17/h1-9,17H,10H2/b16-9-. The smallest absolute Gasteiger partial charge is 0.119 e. The Morgan fingerprint density at radius 2 is 1.83 bits per heavy atom. The molecule has 0 atom stereocenters. The van der Waals surface area contributed by atoms with Crippen LogP contribution in [0, 0.1) is 0 Å². The van der Waals surface area contributed by atoms with Crippen LogP contribution in [-0.2, 0) is 6.61 Å². The molecule has 0 spiro atoms. The molecule has 0 aliphatic heterocycles. The highest BCUT2D eigenvalue weighted by Crippen LogP contribution is 2.18. The minimum Gasteiger partial charge on any atom is -0.489 e. The van der Waals surface area contributed by atoms with Crippen LogP contribution in [0.25, 0.3) is 0 Å². The number of halogens is 1. The van der Waals surface area contributed by atoms with Crippen LogP contribution >= 0.6 is 11.6 Å². The van der Waals surface area contributed by atoms with Gasteiger partial charge in [0.1, 0.15) is 12.4 Å². The Balaban J connectivity index is 2.00. The highest BCUT2D eigenvalue weighted by Gasteiger charge is 2.00. The van der Waals surface area contributed by atoms with E-state index in [0.717, 1.165) is 16.9 Å². The van der Waals surface area contributed by atoms with E-state index >= 15 is 0 Å². The van der Waals surface area contributed by atoms with E-state index in [-0.39, 0.29) is 0 Å². The summed E-state index contributed by atoms with van der Waals surface area (Å²) in [5.41, 5.74) is 1.75. The Labute approximate surface area is 110 Å². The molecule has 0 radical (unpaired) electrons. The third-order valence-electron chi connectivity index (χ3n) is 2.44. The van der Waals surface area contributed by atoms with E-state index in [0.29, 0.717) is 11.6 Å². The molecule has 18 heavy (non-hydrogen) atoms. The first-order valence-corrected chi connectivity index (χ1v) is 5.81. The normalized spacial score (nSPS) is 10.7. The molecule has 0 aliphatic rings. The summed E-state index contributed by atoms with van der Waals surface area (Å²) in [5, 5.41) is 12.0. The Morgan fingerprint density at radius 1 is 1.11 bits per heavy atom. The zero-order valence-electron chi connectivity index (χ0n) is 9.58. The van der Waals surface area contributed by atoms with Crippen molar-refractivity contribution in [1.82, 2.24) is 0 Å². The van der Waals surface area contributed by atoms with Gasteiger partial charge in [-0.1, -0.05) is 35.0 Å². The quantitative estimate of drug-likeness (QED) is 0.518. The van der Waals surface area contributed by atoms with Crippen LogP contribution in [0.5, 0.6) is 5.75 Å². The van der Waals surface area contributed by atoms with Gasteiger partial charge in [-0.05, 0) is 35.9 Å². The van der Waals surface area contributed by atoms with Gasteiger partial charge in [-0.25, -0.2) is 0 Å². The summed E-state index contributed by atoms with van der Waals surface area (Å²) in [6.07, 6.45) is 1.36. The van der Waals surface area contributed by atoms with Crippen molar-refractivity contribution in [2.24, 2.45) is 5.16 Å². The molecule has 4 heteroatoms. The average Bonchev–Trinajstić information content (AvgIpc) is 2.40. The van der Waals surface area contributed by atoms with Crippen molar-refractivity contribution in [1.29, 1.82) is 0 Å². The highest BCUT2D eigenvalue weighted by atomic mass is 35.5. The second-order valence-corrected chi connectivity index (χ2v) is 4.10. The number of hydrogen-bond donors (Lipinski definition) is 1. The lowest BCUT2D eigenvalue weighted by Gasteiger charge is -2.07. The summed E-state index contributed by atoms with van der Waals surface area (Å²) in [4.78, 5) is 0. The molecule has 3 nitrogen and oxygen atoms in total. The predicted molar refractivity (Wildman–Crippen MR) is 71.6 cm³/mol. The second kappa shape index (κ2) is 6.07. The minimum absolute atomic E-state index is 0.424. The maximum atomic E-state index is 8.40. The summed E-state index contributed by atoms with van der Waals surface area (Å²) in [6.45, 7) is 0.424. The van der Waals surface area contributed by atoms with Gasteiger partial charge in [-0.15, -0.1) is 0 Å². The first-order chi connectivity index (χ1) is 8.79. The number of hydrogen-bond acceptors (Lipinski definition) is 3. The van der Waals surface area contributed by atoms with Crippen LogP contribution in [0.2, 0.25) is 5.02 Å². The monoisotopic (exact) mass is 261 g/mol. The Bertz CT molecular complexity index is 538. The summed E-state index contributed by atoms with van der Waals surface area (Å²) in [5.74, 6) is 0.741. The van der Waals surface area contributed by atoms with E-state index in [1.807, 2.05) is 48.5 Å². The lowest BCUT2D eigenvalue weighted by molar-refractivity contribution is 0.306. The van der Waals surface area contributed by atoms with Crippen molar-refractivity contribution >= 4 is 17.8 Å². The van der Waals surface area contributed by atoms with Crippen LogP contribution in [-0.4, -0.2) is 11.4 Å². The van der Waals surface area contributed by atoms with E-state index in [1.165, 1.54) is 6.21 Å². The van der Waals surface area contributed by atoms with Crippen LogP contribution in [0.15, 0.2) is 53.7 Å². The van der Waals surface area contributed by atoms with E-state index in [1.54, 1.807) is 0 Å². The molecule has 1 N–H and O–H groups in total. The van der Waals surface area contributed by atoms with E-state index < -0.39 is 0 Å². The highest BCUT2D eigenvalue weighted by molar-refractivity contribution is 6.31. The largest absolute Gasteiger partial charge is 0.489 e. The fourth-order valence-electron chi connectivity index (χ4n) is 1.49. The summed E-state index contributed by atoms with van der Waals surface area (Å²) in [7, 11) is 0. The maximum absolute atomic E-state index is 8.40. The molecule has 2 rings (SSSR count). The van der Waals surface area contributed by atoms with Crippen LogP contribution in [0.3, 0.4) is 0 Å². The Hall–Kier alpha value is -2.00. The lowest BCUT2D eigenvalue weighted by atomic mass is 10.2. The number of ether oxygens (including phenoxy) is 1. The average molecular weight is 262 g/mol. The Morgan fingerprint density at radius 3 is 2.50 bits per heavy atom. The van der Waals surface area contributed by atoms with Crippen molar-refractivity contribution < 1.29 is 9.94 Å². The SMILES string of the molecule is O/N=C\c1ccc(OCc2ccccc2Cl)cc1. The molecule has 0 amide bonds. The first-order valence-electron chi connectivity index (χ1n) is 5.43. The summed E-state index contributed by atoms with van der Waals surface area (Å²) >= 11 is 6.03. The van der Waals surface area contributed by atoms with Crippen LogP contribution in [0.4, 0.5) is 0 Å². The van der Waals surface area contributed by atoms with E-state index in [2.05, 4.69) is 5.16 Å². The van der Waals surface area contributed by atoms with Crippen molar-refractivity contribution in [2.75, 3.05) is 0 Å². The van der Waals surface area contributed by atoms with Crippen molar-refractivity contribution in [2.45, 2.75) is 6.61 Å². The zero-order chi connectivity index (χ0) is 12.8. The van der Waals surface area contributed by atoms with Gasteiger partial charge in [-0.2, -0.15) is 0 Å². The van der Waals surface area contributed by atoms with E-state index in [4.69, 9.17) is 21.5 Å². The molecule has 0 aliphatic carbocycles. The molecule has 0 fully saturated rings. The topological polar surface area (TPSA) is 41.8 Å². The van der Waals surface area contributed by atoms with Gasteiger partial charge >= 0.3 is 0 Å². The molecule has 2 aromatic rings. The predicted octanol–water partition coefficient (Wildman–Crippen LogP) is 3.73. The third kappa shape index (κ3) is 3.25. The van der Waals surface area contributed by atoms with Gasteiger partial charge in [0.2, 0.25) is 0 Å². The third-order valence-corrected chi connectivity index (χ3v) is 2.81. The van der Waals surface area contributed by atoms with Gasteiger partial charge in [0.25, 0.3) is 0 Å². The van der Waals surface area contributed by atoms with Crippen molar-refractivity contribution in [3.8, 4) is 5.75 Å². The second-order valence-electron chi connectivity index (χ2n) is 3.69. The number of rotatable bonds is 4. The number of oxime groups is 1. The molecular weight excluding hydrogens is 250 g/mol. The van der Waals surface area contributed by atoms with Gasteiger partial charge in [-0.3, -0.25) is 0 Å². The fraction of sp³-hybridized carbons (Fsp3) is 0.0714. The molecule has 0 saturated carbocycles. The summed E-state index contributed by atoms with van der Waals surface area (Å²) < 4.78 is 5.61. The van der Waals surface area contributed by atoms with Crippen molar-refractivity contribution in [3.05, 3.63) is 64.7 Å². The summed E-state index contributed by atoms with van der Waals surface area (Å²) in [6, 6.07) is 14.8. The van der Waals surface area contributed by atoms with E-state index in [9.17, 15) is 0 Å². The van der Waals surface area contributed by atoms with Gasteiger partial charge < -0.3 is 9.94 Å². The maximum Gasteiger partial charge on any atom is 0.119 e. The molecule has 0 aromatic heterocycles. The Kier molecular flexibility index (Phi) is 4.20. The molecule has 0 unspecified atom stereocenters. The molecule has 0 bridgehead atoms. The number of benzene rings is 2. The number of nitrogens with zero attached hydrogens (tertiary/aromatic N) is 1. The minimum atomic E-state index is 0.424. The zero-order valence-corrected chi connectivity index (χ0v) is 10.3. The van der Waals surface area contributed by atoms with Crippen LogP contribution in [0.1, 0.15) is 11.1 Å². The molecule has 92 valence electrons. The molecule has 0 saturated heterocycles. The van der Waals surface area contributed by atoms with Gasteiger partial charge in [0.05, 0.1) is 6.21 Å². The first kappa shape index (κ1) is 12.5. The molecular formula is C14H12ClNO2. The van der Waals surface area contributed by atoms with Crippen LogP contribution < -0.4 is 4.74 Å².